The molecule has 0 saturated heterocycles. The summed E-state index contributed by atoms with van der Waals surface area (Å²) in [6.07, 6.45) is 0. The first kappa shape index (κ1) is 32.0. The van der Waals surface area contributed by atoms with Crippen molar-refractivity contribution in [3.8, 4) is 66.8 Å². The Balaban J connectivity index is 1.35. The monoisotopic (exact) mass is 770 g/mol. The van der Waals surface area contributed by atoms with Gasteiger partial charge in [0.25, 0.3) is 0 Å². The quantitative estimate of drug-likeness (QED) is 0.128. The van der Waals surface area contributed by atoms with Crippen LogP contribution in [0.4, 0.5) is 0 Å². The van der Waals surface area contributed by atoms with Crippen molar-refractivity contribution in [3.63, 3.8) is 0 Å². The van der Waals surface area contributed by atoms with Crippen molar-refractivity contribution >= 4 is 35.2 Å². The van der Waals surface area contributed by atoms with Gasteiger partial charge in [0.05, 0.1) is 0 Å². The normalized spacial score (nSPS) is 11.0. The molecule has 0 fully saturated rings. The zero-order valence-electron chi connectivity index (χ0n) is 27.4. The Morgan fingerprint density at radius 2 is 0.400 bits per heavy atom. The molecule has 0 aliphatic rings. The van der Waals surface area contributed by atoms with Gasteiger partial charge >= 0.3 is 308 Å². The number of benzene rings is 8. The van der Waals surface area contributed by atoms with Gasteiger partial charge in [0.2, 0.25) is 0 Å². The molecule has 0 aromatic heterocycles. The standard InChI is InChI=1S/C48H34Se2/c1-7-19-35(20-8-1)41-31-43(37-23-11-3-12-24-37)47(44(32-41)38-25-13-4-14-26-38)49-50-48-45(39-27-15-5-16-28-39)33-42(36-21-9-2-10-22-36)34-46(48)40-29-17-6-18-30-40/h1-34H. The molecule has 0 aliphatic heterocycles. The third-order valence-corrected chi connectivity index (χ3v) is 16.2. The average molecular weight is 769 g/mol. The molecule has 0 N–H and O–H groups in total. The molecule has 0 bridgehead atoms. The van der Waals surface area contributed by atoms with Crippen molar-refractivity contribution in [2.24, 2.45) is 0 Å². The third kappa shape index (κ3) is 6.94. The van der Waals surface area contributed by atoms with Crippen LogP contribution in [0.2, 0.25) is 0 Å². The van der Waals surface area contributed by atoms with Crippen LogP contribution in [0.15, 0.2) is 206 Å². The maximum absolute atomic E-state index is 2.43. The van der Waals surface area contributed by atoms with Crippen LogP contribution in [0.1, 0.15) is 0 Å². The van der Waals surface area contributed by atoms with Crippen molar-refractivity contribution in [3.05, 3.63) is 206 Å². The van der Waals surface area contributed by atoms with Gasteiger partial charge in [-0.15, -0.1) is 0 Å². The topological polar surface area (TPSA) is 0 Å². The van der Waals surface area contributed by atoms with Crippen LogP contribution in [-0.2, 0) is 0 Å². The Kier molecular flexibility index (Phi) is 9.70. The van der Waals surface area contributed by atoms with Gasteiger partial charge in [0.1, 0.15) is 0 Å². The molecule has 0 radical (unpaired) electrons. The molecule has 0 saturated carbocycles. The van der Waals surface area contributed by atoms with E-state index in [2.05, 4.69) is 206 Å². The average Bonchev–Trinajstić information content (AvgIpc) is 3.21. The fourth-order valence-corrected chi connectivity index (χ4v) is 14.8. The molecule has 50 heavy (non-hydrogen) atoms. The summed E-state index contributed by atoms with van der Waals surface area (Å²) < 4.78 is 2.92. The van der Waals surface area contributed by atoms with Crippen LogP contribution in [0.5, 0.6) is 0 Å². The fraction of sp³-hybridized carbons (Fsp3) is 0. The van der Waals surface area contributed by atoms with Gasteiger partial charge in [0.15, 0.2) is 0 Å². The van der Waals surface area contributed by atoms with Crippen molar-refractivity contribution in [1.82, 2.24) is 0 Å². The fourth-order valence-electron chi connectivity index (χ4n) is 6.44. The zero-order chi connectivity index (χ0) is 33.5. The first-order valence-electron chi connectivity index (χ1n) is 16.8. The summed E-state index contributed by atoms with van der Waals surface area (Å²) in [4.78, 5) is 0. The first-order valence-corrected chi connectivity index (χ1v) is 22.9. The molecule has 8 rings (SSSR count). The predicted molar refractivity (Wildman–Crippen MR) is 216 cm³/mol. The minimum atomic E-state index is 0.153. The van der Waals surface area contributed by atoms with Gasteiger partial charge in [-0.2, -0.15) is 0 Å². The molecule has 8 aromatic rings. The Morgan fingerprint density at radius 1 is 0.200 bits per heavy atom. The summed E-state index contributed by atoms with van der Waals surface area (Å²) in [5.41, 5.74) is 15.3. The second kappa shape index (κ2) is 15.1. The van der Waals surface area contributed by atoms with Crippen LogP contribution >= 0.6 is 0 Å². The van der Waals surface area contributed by atoms with E-state index in [1.165, 1.54) is 75.7 Å². The van der Waals surface area contributed by atoms with E-state index < -0.39 is 0 Å². The van der Waals surface area contributed by atoms with E-state index in [0.29, 0.717) is 0 Å². The van der Waals surface area contributed by atoms with E-state index >= 15 is 0 Å². The van der Waals surface area contributed by atoms with Crippen molar-refractivity contribution < 1.29 is 0 Å². The Bertz CT molecular complexity index is 2030. The molecular weight excluding hydrogens is 734 g/mol. The summed E-state index contributed by atoms with van der Waals surface area (Å²) in [6, 6.07) is 75.3. The van der Waals surface area contributed by atoms with Gasteiger partial charge in [-0.05, 0) is 0 Å². The SMILES string of the molecule is c1ccc(-c2cc(-c3ccccc3)c([Se][Se]c3c(-c4ccccc4)cc(-c4ccccc4)cc3-c3ccccc3)c(-c3ccccc3)c2)cc1. The number of hydrogen-bond donors (Lipinski definition) is 0. The minimum absolute atomic E-state index is 0.153. The van der Waals surface area contributed by atoms with Gasteiger partial charge < -0.3 is 0 Å². The molecule has 0 unspecified atom stereocenters. The summed E-state index contributed by atoms with van der Waals surface area (Å²) in [5.74, 6) is 0. The van der Waals surface area contributed by atoms with Gasteiger partial charge in [0, 0.05) is 0 Å². The Labute approximate surface area is 306 Å². The van der Waals surface area contributed by atoms with E-state index in [0.717, 1.165) is 0 Å². The second-order valence-corrected chi connectivity index (χ2v) is 18.2. The van der Waals surface area contributed by atoms with E-state index in [-0.39, 0.29) is 26.3 Å². The van der Waals surface area contributed by atoms with Crippen LogP contribution in [0, 0.1) is 0 Å². The summed E-state index contributed by atoms with van der Waals surface area (Å²) in [5, 5.41) is 0. The van der Waals surface area contributed by atoms with E-state index in [1.807, 2.05) is 0 Å². The molecule has 0 spiro atoms. The summed E-state index contributed by atoms with van der Waals surface area (Å²) in [7, 11) is 0. The second-order valence-electron chi connectivity index (χ2n) is 12.2. The molecule has 0 amide bonds. The molecule has 238 valence electrons. The van der Waals surface area contributed by atoms with Gasteiger partial charge in [-0.3, -0.25) is 0 Å². The summed E-state index contributed by atoms with van der Waals surface area (Å²) in [6.45, 7) is 0. The predicted octanol–water partition coefficient (Wildman–Crippen LogP) is 11.0. The first-order chi connectivity index (χ1) is 24.8. The van der Waals surface area contributed by atoms with Gasteiger partial charge in [-0.1, -0.05) is 0 Å². The van der Waals surface area contributed by atoms with Gasteiger partial charge in [-0.25, -0.2) is 0 Å². The molecular formula is C48H34Se2. The molecule has 8 aromatic carbocycles. The molecule has 0 nitrogen and oxygen atoms in total. The van der Waals surface area contributed by atoms with Crippen LogP contribution < -0.4 is 8.92 Å². The molecule has 2 heteroatoms. The molecule has 0 atom stereocenters. The summed E-state index contributed by atoms with van der Waals surface area (Å²) >= 11 is 0.305. The van der Waals surface area contributed by atoms with Crippen LogP contribution in [0.3, 0.4) is 0 Å². The maximum atomic E-state index is 2.43. The van der Waals surface area contributed by atoms with E-state index in [9.17, 15) is 0 Å². The van der Waals surface area contributed by atoms with Crippen molar-refractivity contribution in [1.29, 1.82) is 0 Å². The van der Waals surface area contributed by atoms with Crippen molar-refractivity contribution in [2.75, 3.05) is 0 Å². The zero-order valence-corrected chi connectivity index (χ0v) is 30.9. The van der Waals surface area contributed by atoms with Crippen LogP contribution in [-0.4, -0.2) is 26.3 Å². The van der Waals surface area contributed by atoms with Crippen LogP contribution in [0.25, 0.3) is 66.8 Å². The molecule has 0 heterocycles. The Hall–Kier alpha value is -5.20. The number of rotatable bonds is 9. The van der Waals surface area contributed by atoms with E-state index in [4.69, 9.17) is 0 Å². The van der Waals surface area contributed by atoms with Crippen molar-refractivity contribution in [2.45, 2.75) is 0 Å². The third-order valence-electron chi connectivity index (χ3n) is 8.94. The van der Waals surface area contributed by atoms with E-state index in [1.54, 1.807) is 0 Å². The number of hydrogen-bond acceptors (Lipinski definition) is 0. The Morgan fingerprint density at radius 3 is 0.620 bits per heavy atom. The molecule has 0 aliphatic carbocycles.